The lowest BCUT2D eigenvalue weighted by molar-refractivity contribution is -0.277. The van der Waals surface area contributed by atoms with E-state index in [0.717, 1.165) is 12.1 Å². The number of ketones is 1. The zero-order chi connectivity index (χ0) is 31.2. The molecule has 43 heavy (non-hydrogen) atoms. The van der Waals surface area contributed by atoms with E-state index in [-0.39, 0.29) is 29.2 Å². The van der Waals surface area contributed by atoms with Crippen molar-refractivity contribution in [3.63, 3.8) is 0 Å². The van der Waals surface area contributed by atoms with Gasteiger partial charge in [-0.15, -0.1) is 0 Å². The molecule has 2 aromatic rings. The molecule has 16 heteroatoms. The number of phenolic OH excluding ortho intramolecular Hbond substituents is 2. The zero-order valence-corrected chi connectivity index (χ0v) is 22.3. The van der Waals surface area contributed by atoms with Crippen molar-refractivity contribution in [2.75, 3.05) is 13.2 Å². The van der Waals surface area contributed by atoms with Crippen LogP contribution in [0.4, 0.5) is 0 Å². The van der Waals surface area contributed by atoms with Gasteiger partial charge < -0.3 is 74.7 Å². The number of ether oxygens (including phenoxy) is 5. The van der Waals surface area contributed by atoms with Crippen molar-refractivity contribution in [2.45, 2.75) is 73.9 Å². The quantitative estimate of drug-likeness (QED) is 0.151. The van der Waals surface area contributed by atoms with E-state index in [9.17, 15) is 55.9 Å². The van der Waals surface area contributed by atoms with Crippen molar-refractivity contribution >= 4 is 5.78 Å². The molecule has 2 saturated heterocycles. The van der Waals surface area contributed by atoms with Crippen LogP contribution in [-0.2, 0) is 9.47 Å². The topological polar surface area (TPSA) is 266 Å². The summed E-state index contributed by atoms with van der Waals surface area (Å²) in [7, 11) is 0. The molecule has 0 aromatic heterocycles. The molecule has 3 heterocycles. The average Bonchev–Trinajstić information content (AvgIpc) is 2.98. The molecule has 3 aliphatic heterocycles. The smallest absolute Gasteiger partial charge is 0.229 e. The van der Waals surface area contributed by atoms with Crippen LogP contribution in [0.1, 0.15) is 28.4 Å². The Bertz CT molecular complexity index is 1320. The van der Waals surface area contributed by atoms with E-state index in [1.807, 2.05) is 0 Å². The third kappa shape index (κ3) is 5.94. The number of phenols is 2. The molecule has 10 N–H and O–H groups in total. The Labute approximate surface area is 243 Å². The summed E-state index contributed by atoms with van der Waals surface area (Å²) >= 11 is 0. The average molecular weight is 613 g/mol. The molecular weight excluding hydrogens is 580 g/mol. The largest absolute Gasteiger partial charge is 0.508 e. The minimum Gasteiger partial charge on any atom is -0.508 e. The Morgan fingerprint density at radius 3 is 1.84 bits per heavy atom. The highest BCUT2D eigenvalue weighted by atomic mass is 16.7. The first-order valence-electron chi connectivity index (χ1n) is 13.3. The summed E-state index contributed by atoms with van der Waals surface area (Å²) in [5.41, 5.74) is 0.179. The third-order valence-corrected chi connectivity index (χ3v) is 7.51. The van der Waals surface area contributed by atoms with Gasteiger partial charge in [0.15, 0.2) is 17.3 Å². The second kappa shape index (κ2) is 12.4. The molecule has 16 nitrogen and oxygen atoms in total. The number of hydrogen-bond donors (Lipinski definition) is 10. The van der Waals surface area contributed by atoms with Crippen LogP contribution in [0.15, 0.2) is 30.3 Å². The van der Waals surface area contributed by atoms with Gasteiger partial charge in [0.25, 0.3) is 0 Å². The number of carbonyl (C=O) groups excluding carboxylic acids is 1. The van der Waals surface area contributed by atoms with E-state index in [1.165, 1.54) is 18.2 Å². The number of rotatable bonds is 7. The molecule has 0 bridgehead atoms. The van der Waals surface area contributed by atoms with Crippen LogP contribution in [0.3, 0.4) is 0 Å². The Morgan fingerprint density at radius 1 is 0.721 bits per heavy atom. The number of aliphatic hydroxyl groups excluding tert-OH is 8. The molecule has 0 radical (unpaired) electrons. The summed E-state index contributed by atoms with van der Waals surface area (Å²) in [5, 5.41) is 100. The lowest BCUT2D eigenvalue weighted by Gasteiger charge is -2.40. The second-order valence-corrected chi connectivity index (χ2v) is 10.4. The van der Waals surface area contributed by atoms with Gasteiger partial charge in [-0.1, -0.05) is 6.07 Å². The van der Waals surface area contributed by atoms with Crippen LogP contribution in [-0.4, -0.2) is 131 Å². The normalized spacial score (nSPS) is 36.0. The molecule has 11 atom stereocenters. The highest BCUT2D eigenvalue weighted by molar-refractivity contribution is 6.02. The monoisotopic (exact) mass is 612 g/mol. The summed E-state index contributed by atoms with van der Waals surface area (Å²) in [4.78, 5) is 13.3. The van der Waals surface area contributed by atoms with E-state index >= 15 is 0 Å². The number of fused-ring (bicyclic) bond motifs is 1. The number of Topliss-reactive ketones (excluding diaryl/α,β-unsaturated/α-hetero) is 1. The Hall–Kier alpha value is -3.29. The summed E-state index contributed by atoms with van der Waals surface area (Å²) in [6.45, 7) is -1.40. The molecule has 0 aliphatic carbocycles. The molecule has 2 aromatic carbocycles. The maximum Gasteiger partial charge on any atom is 0.229 e. The lowest BCUT2D eigenvalue weighted by atomic mass is 9.95. The van der Waals surface area contributed by atoms with Gasteiger partial charge in [0.05, 0.1) is 19.6 Å². The molecule has 1 unspecified atom stereocenters. The summed E-state index contributed by atoms with van der Waals surface area (Å²) in [5.74, 6) is -1.97. The zero-order valence-electron chi connectivity index (χ0n) is 22.3. The van der Waals surface area contributed by atoms with E-state index in [4.69, 9.17) is 23.7 Å². The molecule has 3 aliphatic rings. The van der Waals surface area contributed by atoms with E-state index < -0.39 is 98.0 Å². The van der Waals surface area contributed by atoms with Gasteiger partial charge in [-0.05, 0) is 17.7 Å². The van der Waals surface area contributed by atoms with Gasteiger partial charge in [0.2, 0.25) is 12.6 Å². The highest BCUT2D eigenvalue weighted by Crippen LogP contribution is 2.44. The number of hydrogen-bond acceptors (Lipinski definition) is 16. The van der Waals surface area contributed by atoms with Crippen LogP contribution in [0.2, 0.25) is 0 Å². The van der Waals surface area contributed by atoms with Crippen molar-refractivity contribution in [3.05, 3.63) is 41.5 Å². The van der Waals surface area contributed by atoms with Gasteiger partial charge in [-0.3, -0.25) is 4.79 Å². The van der Waals surface area contributed by atoms with E-state index in [0.29, 0.717) is 5.56 Å². The fourth-order valence-corrected chi connectivity index (χ4v) is 5.09. The summed E-state index contributed by atoms with van der Waals surface area (Å²) < 4.78 is 27.8. The van der Waals surface area contributed by atoms with Crippen LogP contribution in [0.25, 0.3) is 0 Å². The third-order valence-electron chi connectivity index (χ3n) is 7.51. The van der Waals surface area contributed by atoms with Crippen molar-refractivity contribution < 1.29 is 79.5 Å². The predicted octanol–water partition coefficient (Wildman–Crippen LogP) is -2.84. The van der Waals surface area contributed by atoms with Crippen molar-refractivity contribution in [1.29, 1.82) is 0 Å². The van der Waals surface area contributed by atoms with Gasteiger partial charge in [0.1, 0.15) is 77.7 Å². The fraction of sp³-hybridized carbons (Fsp3) is 0.519. The first-order chi connectivity index (χ1) is 20.4. The first kappa shape index (κ1) is 31.1. The summed E-state index contributed by atoms with van der Waals surface area (Å²) in [6.07, 6.45) is -17.3. The number of benzene rings is 2. The van der Waals surface area contributed by atoms with Gasteiger partial charge in [-0.25, -0.2) is 0 Å². The Kier molecular flexibility index (Phi) is 8.96. The van der Waals surface area contributed by atoms with Crippen LogP contribution >= 0.6 is 0 Å². The first-order valence-corrected chi connectivity index (χ1v) is 13.3. The predicted molar refractivity (Wildman–Crippen MR) is 137 cm³/mol. The standard InChI is InChI=1S/C27H32O16/c28-7-17-20(33)22(35)24(37)26(42-17)40-14-3-9(1-2-11(14)31)13-6-12(32)19-15(39-13)4-10(30)5-16(19)41-27-25(38)23(36)21(34)18(8-29)43-27/h1-5,13,17-18,20-31,33-38H,6-8H2/t13?,17-,18-,20-,21-,22-,23-,24-,25-,26-,27-/m1/s1. The molecular formula is C27H32O16. The molecule has 2 fully saturated rings. The molecule has 236 valence electrons. The minimum atomic E-state index is -1.78. The van der Waals surface area contributed by atoms with Gasteiger partial charge in [0, 0.05) is 12.1 Å². The van der Waals surface area contributed by atoms with E-state index in [2.05, 4.69) is 0 Å². The van der Waals surface area contributed by atoms with Crippen LogP contribution < -0.4 is 14.2 Å². The molecule has 0 amide bonds. The maximum atomic E-state index is 13.3. The molecule has 5 rings (SSSR count). The molecule has 0 spiro atoms. The van der Waals surface area contributed by atoms with Crippen molar-refractivity contribution in [1.82, 2.24) is 0 Å². The highest BCUT2D eigenvalue weighted by Gasteiger charge is 2.46. The second-order valence-electron chi connectivity index (χ2n) is 10.4. The SMILES string of the molecule is O=C1CC(c2ccc(O)c(O[C@@H]3O[C@H](CO)[C@@H](O)[C@@H](O)[C@H]3O)c2)Oc2cc(O)cc(O[C@@H]3O[C@H](CO)[C@@H](O)[C@@H](O)[C@H]3O)c21. The van der Waals surface area contributed by atoms with E-state index in [1.54, 1.807) is 0 Å². The Morgan fingerprint density at radius 2 is 1.28 bits per heavy atom. The molecule has 0 saturated carbocycles. The summed E-state index contributed by atoms with van der Waals surface area (Å²) in [6, 6.07) is 6.13. The van der Waals surface area contributed by atoms with Crippen LogP contribution in [0, 0.1) is 0 Å². The van der Waals surface area contributed by atoms with Gasteiger partial charge in [-0.2, -0.15) is 0 Å². The van der Waals surface area contributed by atoms with Gasteiger partial charge >= 0.3 is 0 Å². The number of aliphatic hydroxyl groups is 8. The minimum absolute atomic E-state index is 0.120. The lowest BCUT2D eigenvalue weighted by Crippen LogP contribution is -2.60. The van der Waals surface area contributed by atoms with Crippen molar-refractivity contribution in [3.8, 4) is 28.7 Å². The number of carbonyl (C=O) groups is 1. The maximum absolute atomic E-state index is 13.3. The Balaban J connectivity index is 1.37. The number of aromatic hydroxyl groups is 2. The fourth-order valence-electron chi connectivity index (χ4n) is 5.09. The van der Waals surface area contributed by atoms with Crippen LogP contribution in [0.5, 0.6) is 28.7 Å². The van der Waals surface area contributed by atoms with Crippen molar-refractivity contribution in [2.24, 2.45) is 0 Å².